The maximum absolute atomic E-state index is 3.81. The molecule has 0 spiro atoms. The zero-order chi connectivity index (χ0) is 14.8. The quantitative estimate of drug-likeness (QED) is 0.909. The summed E-state index contributed by atoms with van der Waals surface area (Å²) in [4.78, 5) is 0. The van der Waals surface area contributed by atoms with Crippen LogP contribution in [-0.4, -0.2) is 22.1 Å². The highest BCUT2D eigenvalue weighted by atomic mass is 32.2. The van der Waals surface area contributed by atoms with Crippen LogP contribution in [0.4, 0.5) is 0 Å². The Morgan fingerprint density at radius 1 is 1.29 bits per heavy atom. The standard InChI is InChI=1S/C18H26N2S/c1-13-16-9-4-5-10-17(16)20(2)18(13)12-19-14-7-6-8-15(11-14)21-3/h4-5,9-10,14-15,19H,6-8,11-12H2,1-3H3. The SMILES string of the molecule is CSC1CCCC(NCc2c(C)c3ccccc3n2C)C1. The normalized spacial score (nSPS) is 22.8. The number of benzene rings is 1. The predicted molar refractivity (Wildman–Crippen MR) is 94.1 cm³/mol. The lowest BCUT2D eigenvalue weighted by molar-refractivity contribution is 0.377. The molecular formula is C18H26N2S. The number of thioether (sulfide) groups is 1. The summed E-state index contributed by atoms with van der Waals surface area (Å²) in [5.74, 6) is 0. The van der Waals surface area contributed by atoms with Gasteiger partial charge in [-0.3, -0.25) is 0 Å². The Balaban J connectivity index is 1.73. The van der Waals surface area contributed by atoms with E-state index in [-0.39, 0.29) is 0 Å². The Labute approximate surface area is 132 Å². The molecular weight excluding hydrogens is 276 g/mol. The lowest BCUT2D eigenvalue weighted by Crippen LogP contribution is -2.35. The van der Waals surface area contributed by atoms with Crippen LogP contribution < -0.4 is 5.32 Å². The van der Waals surface area contributed by atoms with Crippen LogP contribution in [0.2, 0.25) is 0 Å². The molecule has 1 aromatic carbocycles. The van der Waals surface area contributed by atoms with Gasteiger partial charge in [-0.15, -0.1) is 0 Å². The number of nitrogens with zero attached hydrogens (tertiary/aromatic N) is 1. The first-order valence-electron chi connectivity index (χ1n) is 7.99. The monoisotopic (exact) mass is 302 g/mol. The maximum atomic E-state index is 3.81. The van der Waals surface area contributed by atoms with Crippen molar-refractivity contribution in [1.29, 1.82) is 0 Å². The summed E-state index contributed by atoms with van der Waals surface area (Å²) in [7, 11) is 2.19. The van der Waals surface area contributed by atoms with Crippen LogP contribution in [0, 0.1) is 6.92 Å². The zero-order valence-electron chi connectivity index (χ0n) is 13.4. The molecule has 1 aliphatic rings. The van der Waals surface area contributed by atoms with Gasteiger partial charge in [0.05, 0.1) is 0 Å². The molecule has 0 aliphatic heterocycles. The van der Waals surface area contributed by atoms with E-state index in [4.69, 9.17) is 0 Å². The van der Waals surface area contributed by atoms with Crippen molar-refractivity contribution in [2.75, 3.05) is 6.26 Å². The first-order valence-corrected chi connectivity index (χ1v) is 9.28. The zero-order valence-corrected chi connectivity index (χ0v) is 14.2. The molecule has 114 valence electrons. The fourth-order valence-corrected chi connectivity index (χ4v) is 4.50. The van der Waals surface area contributed by atoms with E-state index in [1.807, 2.05) is 11.8 Å². The molecule has 0 saturated heterocycles. The van der Waals surface area contributed by atoms with Crippen molar-refractivity contribution in [3.63, 3.8) is 0 Å². The van der Waals surface area contributed by atoms with Crippen LogP contribution in [0.25, 0.3) is 10.9 Å². The Morgan fingerprint density at radius 3 is 2.86 bits per heavy atom. The molecule has 1 aromatic heterocycles. The van der Waals surface area contributed by atoms with Crippen LogP contribution in [0.15, 0.2) is 24.3 Å². The van der Waals surface area contributed by atoms with Crippen molar-refractivity contribution in [3.05, 3.63) is 35.5 Å². The highest BCUT2D eigenvalue weighted by Crippen LogP contribution is 2.28. The summed E-state index contributed by atoms with van der Waals surface area (Å²) in [6, 6.07) is 9.41. The van der Waals surface area contributed by atoms with Crippen LogP contribution >= 0.6 is 11.8 Å². The Kier molecular flexibility index (Phi) is 4.60. The van der Waals surface area contributed by atoms with Gasteiger partial charge in [-0.05, 0) is 44.1 Å². The molecule has 3 rings (SSSR count). The predicted octanol–water partition coefficient (Wildman–Crippen LogP) is 4.25. The number of fused-ring (bicyclic) bond motifs is 1. The van der Waals surface area contributed by atoms with Crippen molar-refractivity contribution in [3.8, 4) is 0 Å². The summed E-state index contributed by atoms with van der Waals surface area (Å²) in [6.45, 7) is 3.24. The molecule has 2 nitrogen and oxygen atoms in total. The van der Waals surface area contributed by atoms with Crippen molar-refractivity contribution in [2.45, 2.75) is 50.4 Å². The van der Waals surface area contributed by atoms with Crippen molar-refractivity contribution in [2.24, 2.45) is 7.05 Å². The summed E-state index contributed by atoms with van der Waals surface area (Å²) < 4.78 is 2.35. The minimum atomic E-state index is 0.689. The van der Waals surface area contributed by atoms with Gasteiger partial charge in [0.15, 0.2) is 0 Å². The molecule has 21 heavy (non-hydrogen) atoms. The molecule has 2 atom stereocenters. The van der Waals surface area contributed by atoms with E-state index >= 15 is 0 Å². The molecule has 1 heterocycles. The lowest BCUT2D eigenvalue weighted by Gasteiger charge is -2.29. The number of hydrogen-bond acceptors (Lipinski definition) is 2. The molecule has 1 saturated carbocycles. The second-order valence-electron chi connectivity index (χ2n) is 6.25. The number of nitrogens with one attached hydrogen (secondary N) is 1. The molecule has 3 heteroatoms. The van der Waals surface area contributed by atoms with Gasteiger partial charge >= 0.3 is 0 Å². The highest BCUT2D eigenvalue weighted by Gasteiger charge is 2.21. The average Bonchev–Trinajstić information content (AvgIpc) is 2.78. The molecule has 1 aliphatic carbocycles. The van der Waals surface area contributed by atoms with Gasteiger partial charge in [0, 0.05) is 41.5 Å². The molecule has 0 bridgehead atoms. The summed E-state index contributed by atoms with van der Waals surface area (Å²) in [5.41, 5.74) is 4.21. The number of aryl methyl sites for hydroxylation is 2. The van der Waals surface area contributed by atoms with E-state index in [2.05, 4.69) is 54.4 Å². The second kappa shape index (κ2) is 6.45. The number of aromatic nitrogens is 1. The van der Waals surface area contributed by atoms with Gasteiger partial charge in [-0.2, -0.15) is 11.8 Å². The first-order chi connectivity index (χ1) is 10.2. The lowest BCUT2D eigenvalue weighted by atomic mass is 9.95. The summed E-state index contributed by atoms with van der Waals surface area (Å²) in [6.07, 6.45) is 7.68. The van der Waals surface area contributed by atoms with Gasteiger partial charge in [0.2, 0.25) is 0 Å². The van der Waals surface area contributed by atoms with Gasteiger partial charge in [-0.25, -0.2) is 0 Å². The molecule has 2 unspecified atom stereocenters. The smallest absolute Gasteiger partial charge is 0.0483 e. The number of hydrogen-bond donors (Lipinski definition) is 1. The van der Waals surface area contributed by atoms with E-state index in [0.29, 0.717) is 6.04 Å². The van der Waals surface area contributed by atoms with E-state index in [0.717, 1.165) is 11.8 Å². The average molecular weight is 302 g/mol. The minimum Gasteiger partial charge on any atom is -0.346 e. The summed E-state index contributed by atoms with van der Waals surface area (Å²) >= 11 is 2.04. The molecule has 1 N–H and O–H groups in total. The third kappa shape index (κ3) is 3.00. The van der Waals surface area contributed by atoms with Crippen LogP contribution in [0.3, 0.4) is 0 Å². The van der Waals surface area contributed by atoms with Gasteiger partial charge < -0.3 is 9.88 Å². The van der Waals surface area contributed by atoms with Gasteiger partial charge in [0.1, 0.15) is 0 Å². The molecule has 1 fully saturated rings. The Morgan fingerprint density at radius 2 is 2.10 bits per heavy atom. The van der Waals surface area contributed by atoms with E-state index in [1.54, 1.807) is 0 Å². The third-order valence-electron chi connectivity index (χ3n) is 5.02. The van der Waals surface area contributed by atoms with Gasteiger partial charge in [-0.1, -0.05) is 24.6 Å². The fourth-order valence-electron chi connectivity index (χ4n) is 3.67. The van der Waals surface area contributed by atoms with E-state index in [9.17, 15) is 0 Å². The maximum Gasteiger partial charge on any atom is 0.0483 e. The van der Waals surface area contributed by atoms with Gasteiger partial charge in [0.25, 0.3) is 0 Å². The minimum absolute atomic E-state index is 0.689. The van der Waals surface area contributed by atoms with E-state index < -0.39 is 0 Å². The summed E-state index contributed by atoms with van der Waals surface area (Å²) in [5, 5.41) is 6.05. The Hall–Kier alpha value is -0.930. The highest BCUT2D eigenvalue weighted by molar-refractivity contribution is 7.99. The van der Waals surface area contributed by atoms with Crippen LogP contribution in [0.5, 0.6) is 0 Å². The van der Waals surface area contributed by atoms with Crippen molar-refractivity contribution in [1.82, 2.24) is 9.88 Å². The number of rotatable bonds is 4. The largest absolute Gasteiger partial charge is 0.346 e. The third-order valence-corrected chi connectivity index (χ3v) is 6.12. The van der Waals surface area contributed by atoms with E-state index in [1.165, 1.54) is 47.8 Å². The van der Waals surface area contributed by atoms with Crippen LogP contribution in [0.1, 0.15) is 36.9 Å². The van der Waals surface area contributed by atoms with Crippen molar-refractivity contribution >= 4 is 22.7 Å². The topological polar surface area (TPSA) is 17.0 Å². The molecule has 0 radical (unpaired) electrons. The second-order valence-corrected chi connectivity index (χ2v) is 7.39. The van der Waals surface area contributed by atoms with Crippen LogP contribution in [-0.2, 0) is 13.6 Å². The number of para-hydroxylation sites is 1. The molecule has 2 aromatic rings. The first kappa shape index (κ1) is 15.0. The Bertz CT molecular complexity index is 578. The van der Waals surface area contributed by atoms with Crippen molar-refractivity contribution < 1.29 is 0 Å². The molecule has 0 amide bonds. The fraction of sp³-hybridized carbons (Fsp3) is 0.556.